The minimum atomic E-state index is 0.155. The van der Waals surface area contributed by atoms with Crippen LogP contribution in [0, 0.1) is 0 Å². The number of amides is 1. The van der Waals surface area contributed by atoms with Crippen LogP contribution in [-0.2, 0) is 4.79 Å². The molecule has 4 nitrogen and oxygen atoms in total. The first-order chi connectivity index (χ1) is 9.74. The van der Waals surface area contributed by atoms with Crippen LogP contribution in [0.1, 0.15) is 38.3 Å². The van der Waals surface area contributed by atoms with Gasteiger partial charge in [-0.3, -0.25) is 4.79 Å². The summed E-state index contributed by atoms with van der Waals surface area (Å²) in [6.07, 6.45) is 1.67. The maximum absolute atomic E-state index is 11.4. The molecule has 1 aromatic carbocycles. The lowest BCUT2D eigenvalue weighted by Gasteiger charge is -2.23. The van der Waals surface area contributed by atoms with Gasteiger partial charge in [-0.25, -0.2) is 0 Å². The van der Waals surface area contributed by atoms with Crippen LogP contribution in [0.3, 0.4) is 0 Å². The number of anilines is 1. The summed E-state index contributed by atoms with van der Waals surface area (Å²) >= 11 is 0. The highest BCUT2D eigenvalue weighted by Crippen LogP contribution is 2.21. The number of carbonyl (C=O) groups excluding carboxylic acids is 1. The highest BCUT2D eigenvalue weighted by atomic mass is 16.1. The van der Waals surface area contributed by atoms with Crippen LogP contribution in [0.15, 0.2) is 24.3 Å². The predicted molar refractivity (Wildman–Crippen MR) is 83.0 cm³/mol. The number of hydrogen-bond acceptors (Lipinski definition) is 3. The summed E-state index contributed by atoms with van der Waals surface area (Å²) in [5.41, 5.74) is 2.54. The molecule has 1 aliphatic heterocycles. The van der Waals surface area contributed by atoms with Crippen molar-refractivity contribution in [2.45, 2.75) is 32.7 Å². The average Bonchev–Trinajstić information content (AvgIpc) is 2.70. The Kier molecular flexibility index (Phi) is 5.41. The highest BCUT2D eigenvalue weighted by molar-refractivity contribution is 5.77. The number of nitrogens with zero attached hydrogens (tertiary/aromatic N) is 1. The minimum Gasteiger partial charge on any atom is -0.369 e. The molecule has 4 heteroatoms. The summed E-state index contributed by atoms with van der Waals surface area (Å²) in [5, 5.41) is 6.40. The molecule has 1 unspecified atom stereocenters. The maximum atomic E-state index is 11.4. The summed E-state index contributed by atoms with van der Waals surface area (Å²) in [6, 6.07) is 9.18. The molecule has 2 N–H and O–H groups in total. The normalized spacial score (nSPS) is 17.5. The summed E-state index contributed by atoms with van der Waals surface area (Å²) in [4.78, 5) is 13.6. The van der Waals surface area contributed by atoms with Gasteiger partial charge in [0.2, 0.25) is 5.91 Å². The van der Waals surface area contributed by atoms with Crippen molar-refractivity contribution in [1.29, 1.82) is 0 Å². The molecule has 1 saturated heterocycles. The zero-order chi connectivity index (χ0) is 14.4. The molecule has 0 radical (unpaired) electrons. The number of benzene rings is 1. The highest BCUT2D eigenvalue weighted by Gasteiger charge is 2.14. The van der Waals surface area contributed by atoms with Crippen molar-refractivity contribution in [3.05, 3.63) is 29.8 Å². The molecule has 1 fully saturated rings. The lowest BCUT2D eigenvalue weighted by molar-refractivity contribution is -0.120. The Hall–Kier alpha value is -1.55. The zero-order valence-electron chi connectivity index (χ0n) is 12.5. The van der Waals surface area contributed by atoms with E-state index in [1.807, 2.05) is 0 Å². The van der Waals surface area contributed by atoms with E-state index in [-0.39, 0.29) is 5.91 Å². The third kappa shape index (κ3) is 3.73. The fourth-order valence-corrected chi connectivity index (χ4v) is 2.69. The Labute approximate surface area is 121 Å². The van der Waals surface area contributed by atoms with Crippen LogP contribution >= 0.6 is 0 Å². The molecule has 1 amide bonds. The molecular weight excluding hydrogens is 250 g/mol. The van der Waals surface area contributed by atoms with Crippen LogP contribution < -0.4 is 15.5 Å². The molecule has 1 atom stereocenters. The number of carbonyl (C=O) groups is 1. The number of rotatable bonds is 5. The van der Waals surface area contributed by atoms with Crippen molar-refractivity contribution < 1.29 is 4.79 Å². The number of hydrogen-bond donors (Lipinski definition) is 2. The average molecular weight is 275 g/mol. The minimum absolute atomic E-state index is 0.155. The standard InChI is InChI=1S/C16H25N3O/c1-3-15(17-4-2)13-5-7-14(8-6-13)19-11-9-16(20)18-10-12-19/h5-8,15,17H,3-4,9-12H2,1-2H3,(H,18,20). The van der Waals surface area contributed by atoms with E-state index in [0.29, 0.717) is 12.5 Å². The van der Waals surface area contributed by atoms with Gasteiger partial charge in [0.15, 0.2) is 0 Å². The third-order valence-corrected chi connectivity index (χ3v) is 3.83. The Bertz CT molecular complexity index is 430. The second-order valence-corrected chi connectivity index (χ2v) is 5.20. The first-order valence-corrected chi connectivity index (χ1v) is 7.59. The molecule has 0 bridgehead atoms. The van der Waals surface area contributed by atoms with Crippen LogP contribution in [0.25, 0.3) is 0 Å². The van der Waals surface area contributed by atoms with E-state index >= 15 is 0 Å². The third-order valence-electron chi connectivity index (χ3n) is 3.83. The number of nitrogens with one attached hydrogen (secondary N) is 2. The van der Waals surface area contributed by atoms with Crippen LogP contribution in [-0.4, -0.2) is 32.1 Å². The van der Waals surface area contributed by atoms with Gasteiger partial charge in [0, 0.05) is 37.8 Å². The molecule has 2 rings (SSSR count). The fourth-order valence-electron chi connectivity index (χ4n) is 2.69. The topological polar surface area (TPSA) is 44.4 Å². The van der Waals surface area contributed by atoms with E-state index in [2.05, 4.69) is 53.6 Å². The van der Waals surface area contributed by atoms with Gasteiger partial charge >= 0.3 is 0 Å². The van der Waals surface area contributed by atoms with Gasteiger partial charge in [-0.2, -0.15) is 0 Å². The molecule has 0 saturated carbocycles. The molecule has 1 heterocycles. The summed E-state index contributed by atoms with van der Waals surface area (Å²) in [6.45, 7) is 7.74. The first kappa shape index (κ1) is 14.9. The molecule has 20 heavy (non-hydrogen) atoms. The molecule has 0 aromatic heterocycles. The summed E-state index contributed by atoms with van der Waals surface area (Å²) in [7, 11) is 0. The second-order valence-electron chi connectivity index (χ2n) is 5.20. The van der Waals surface area contributed by atoms with E-state index in [9.17, 15) is 4.79 Å². The van der Waals surface area contributed by atoms with Crippen LogP contribution in [0.4, 0.5) is 5.69 Å². The zero-order valence-corrected chi connectivity index (χ0v) is 12.5. The Morgan fingerprint density at radius 3 is 2.65 bits per heavy atom. The van der Waals surface area contributed by atoms with E-state index in [1.54, 1.807) is 0 Å². The smallest absolute Gasteiger partial charge is 0.221 e. The Morgan fingerprint density at radius 2 is 2.00 bits per heavy atom. The summed E-state index contributed by atoms with van der Waals surface area (Å²) < 4.78 is 0. The van der Waals surface area contributed by atoms with E-state index < -0.39 is 0 Å². The molecule has 0 spiro atoms. The van der Waals surface area contributed by atoms with Gasteiger partial charge in [-0.1, -0.05) is 26.0 Å². The van der Waals surface area contributed by atoms with Crippen LogP contribution in [0.5, 0.6) is 0 Å². The monoisotopic (exact) mass is 275 g/mol. The lowest BCUT2D eigenvalue weighted by Crippen LogP contribution is -2.28. The van der Waals surface area contributed by atoms with Gasteiger partial charge in [0.1, 0.15) is 0 Å². The van der Waals surface area contributed by atoms with Crippen molar-refractivity contribution in [3.63, 3.8) is 0 Å². The first-order valence-electron chi connectivity index (χ1n) is 7.59. The molecular formula is C16H25N3O. The van der Waals surface area contributed by atoms with Crippen molar-refractivity contribution in [2.24, 2.45) is 0 Å². The molecule has 1 aromatic rings. The van der Waals surface area contributed by atoms with Gasteiger partial charge < -0.3 is 15.5 Å². The van der Waals surface area contributed by atoms with Crippen molar-refractivity contribution in [1.82, 2.24) is 10.6 Å². The van der Waals surface area contributed by atoms with E-state index in [0.717, 1.165) is 32.6 Å². The van der Waals surface area contributed by atoms with Gasteiger partial charge in [0.25, 0.3) is 0 Å². The maximum Gasteiger partial charge on any atom is 0.221 e. The van der Waals surface area contributed by atoms with Crippen molar-refractivity contribution >= 4 is 11.6 Å². The summed E-state index contributed by atoms with van der Waals surface area (Å²) in [5.74, 6) is 0.155. The Balaban J connectivity index is 2.05. The lowest BCUT2D eigenvalue weighted by atomic mass is 10.0. The second kappa shape index (κ2) is 7.29. The molecule has 1 aliphatic rings. The quantitative estimate of drug-likeness (QED) is 0.864. The van der Waals surface area contributed by atoms with Gasteiger partial charge in [0.05, 0.1) is 0 Å². The van der Waals surface area contributed by atoms with E-state index in [4.69, 9.17) is 0 Å². The van der Waals surface area contributed by atoms with Crippen LogP contribution in [0.2, 0.25) is 0 Å². The van der Waals surface area contributed by atoms with E-state index in [1.165, 1.54) is 11.3 Å². The molecule has 110 valence electrons. The largest absolute Gasteiger partial charge is 0.369 e. The van der Waals surface area contributed by atoms with Crippen molar-refractivity contribution in [3.8, 4) is 0 Å². The Morgan fingerprint density at radius 1 is 1.25 bits per heavy atom. The molecule has 0 aliphatic carbocycles. The van der Waals surface area contributed by atoms with Gasteiger partial charge in [-0.15, -0.1) is 0 Å². The fraction of sp³-hybridized carbons (Fsp3) is 0.562. The van der Waals surface area contributed by atoms with Crippen molar-refractivity contribution in [2.75, 3.05) is 31.1 Å². The SMILES string of the molecule is CCNC(CC)c1ccc(N2CCNC(=O)CC2)cc1. The predicted octanol–water partition coefficient (Wildman–Crippen LogP) is 2.07. The van der Waals surface area contributed by atoms with Gasteiger partial charge in [-0.05, 0) is 30.7 Å².